The second-order valence-corrected chi connectivity index (χ2v) is 11.5. The van der Waals surface area contributed by atoms with Crippen LogP contribution in [0.15, 0.2) is 72.8 Å². The van der Waals surface area contributed by atoms with Crippen molar-refractivity contribution in [2.24, 2.45) is 0 Å². The van der Waals surface area contributed by atoms with Crippen molar-refractivity contribution in [2.45, 2.75) is 40.0 Å². The Morgan fingerprint density at radius 1 is 0.655 bits per heavy atom. The van der Waals surface area contributed by atoms with E-state index >= 15 is 0 Å². The van der Waals surface area contributed by atoms with Crippen LogP contribution in [0.25, 0.3) is 0 Å². The van der Waals surface area contributed by atoms with Crippen LogP contribution >= 0.6 is 7.26 Å². The molecule has 0 fully saturated rings. The molecule has 3 aromatic carbocycles. The van der Waals surface area contributed by atoms with Crippen LogP contribution in [0.3, 0.4) is 0 Å². The molecule has 0 aliphatic rings. The molecule has 0 aromatic heterocycles. The maximum Gasteiger partial charge on any atom is 0.303 e. The number of aliphatic carboxylic acids is 1. The predicted molar refractivity (Wildman–Crippen MR) is 126 cm³/mol. The van der Waals surface area contributed by atoms with Crippen molar-refractivity contribution in [1.29, 1.82) is 0 Å². The molecule has 0 saturated heterocycles. The van der Waals surface area contributed by atoms with Gasteiger partial charge in [-0.15, -0.1) is 0 Å². The molecule has 150 valence electrons. The van der Waals surface area contributed by atoms with Crippen LogP contribution < -0.4 is 15.9 Å². The molecule has 3 rings (SSSR count). The molecule has 0 spiro atoms. The van der Waals surface area contributed by atoms with Gasteiger partial charge in [0.1, 0.15) is 23.2 Å². The SMILES string of the molecule is Cc1ccc([P+](CCCCC(=O)O)(c2ccc(C)cc2)c2ccc(C)cc2)cc1. The second kappa shape index (κ2) is 9.37. The highest BCUT2D eigenvalue weighted by molar-refractivity contribution is 7.95. The molecule has 1 N–H and O–H groups in total. The minimum absolute atomic E-state index is 0.232. The molecular weight excluding hydrogens is 375 g/mol. The van der Waals surface area contributed by atoms with Gasteiger partial charge in [0.2, 0.25) is 0 Å². The van der Waals surface area contributed by atoms with Crippen LogP contribution in [0.5, 0.6) is 0 Å². The number of hydrogen-bond donors (Lipinski definition) is 1. The lowest BCUT2D eigenvalue weighted by Crippen LogP contribution is -2.33. The van der Waals surface area contributed by atoms with E-state index in [1.165, 1.54) is 32.6 Å². The first-order chi connectivity index (χ1) is 13.9. The van der Waals surface area contributed by atoms with Crippen molar-refractivity contribution in [1.82, 2.24) is 0 Å². The zero-order chi connectivity index (χ0) is 20.9. The Balaban J connectivity index is 2.16. The van der Waals surface area contributed by atoms with E-state index in [0.29, 0.717) is 6.42 Å². The van der Waals surface area contributed by atoms with E-state index < -0.39 is 13.2 Å². The smallest absolute Gasteiger partial charge is 0.303 e. The number of rotatable bonds is 8. The van der Waals surface area contributed by atoms with Crippen LogP contribution in [-0.4, -0.2) is 17.2 Å². The first-order valence-electron chi connectivity index (χ1n) is 10.2. The summed E-state index contributed by atoms with van der Waals surface area (Å²) < 4.78 is 0. The summed E-state index contributed by atoms with van der Waals surface area (Å²) in [6.07, 6.45) is 2.82. The number of carbonyl (C=O) groups is 1. The zero-order valence-corrected chi connectivity index (χ0v) is 18.5. The highest BCUT2D eigenvalue weighted by Gasteiger charge is 2.44. The predicted octanol–water partition coefficient (Wildman–Crippen LogP) is 5.16. The molecule has 3 aromatic rings. The molecule has 0 aliphatic heterocycles. The third-order valence-corrected chi connectivity index (χ3v) is 10.1. The Morgan fingerprint density at radius 3 is 1.31 bits per heavy atom. The Morgan fingerprint density at radius 2 is 1.00 bits per heavy atom. The Hall–Kier alpha value is -2.44. The van der Waals surface area contributed by atoms with Crippen molar-refractivity contribution in [3.63, 3.8) is 0 Å². The van der Waals surface area contributed by atoms with Gasteiger partial charge in [-0.1, -0.05) is 53.1 Å². The van der Waals surface area contributed by atoms with E-state index in [1.54, 1.807) is 0 Å². The number of carboxylic acids is 1. The summed E-state index contributed by atoms with van der Waals surface area (Å²) in [5.74, 6) is -0.713. The lowest BCUT2D eigenvalue weighted by molar-refractivity contribution is -0.137. The van der Waals surface area contributed by atoms with Gasteiger partial charge < -0.3 is 5.11 Å². The van der Waals surface area contributed by atoms with Gasteiger partial charge in [-0.2, -0.15) is 0 Å². The summed E-state index contributed by atoms with van der Waals surface area (Å²) in [4.78, 5) is 11.1. The number of aryl methyl sites for hydroxylation is 3. The highest BCUT2D eigenvalue weighted by atomic mass is 31.2. The topological polar surface area (TPSA) is 37.3 Å². The minimum Gasteiger partial charge on any atom is -0.481 e. The monoisotopic (exact) mass is 405 g/mol. The van der Waals surface area contributed by atoms with Crippen LogP contribution in [0, 0.1) is 20.8 Å². The fraction of sp³-hybridized carbons (Fsp3) is 0.269. The summed E-state index contributed by atoms with van der Waals surface area (Å²) in [6.45, 7) is 6.36. The van der Waals surface area contributed by atoms with E-state index in [0.717, 1.165) is 12.6 Å². The van der Waals surface area contributed by atoms with Crippen molar-refractivity contribution in [3.05, 3.63) is 89.5 Å². The fourth-order valence-electron chi connectivity index (χ4n) is 3.86. The van der Waals surface area contributed by atoms with Crippen molar-refractivity contribution in [2.75, 3.05) is 6.16 Å². The molecule has 2 nitrogen and oxygen atoms in total. The van der Waals surface area contributed by atoms with E-state index in [1.807, 2.05) is 0 Å². The van der Waals surface area contributed by atoms with Crippen LogP contribution in [0.4, 0.5) is 0 Å². The standard InChI is InChI=1S/C26H29O2P/c1-20-7-13-23(14-8-20)29(19-5-4-6-26(27)28,24-15-9-21(2)10-16-24)25-17-11-22(3)12-18-25/h7-18H,4-6,19H2,1-3H3/p+1. The van der Waals surface area contributed by atoms with Crippen molar-refractivity contribution >= 4 is 29.1 Å². The largest absolute Gasteiger partial charge is 0.481 e. The van der Waals surface area contributed by atoms with Crippen molar-refractivity contribution in [3.8, 4) is 0 Å². The number of benzene rings is 3. The average Bonchev–Trinajstić information content (AvgIpc) is 2.71. The van der Waals surface area contributed by atoms with Gasteiger partial charge in [0.25, 0.3) is 0 Å². The first-order valence-corrected chi connectivity index (χ1v) is 12.2. The third kappa shape index (κ3) is 4.95. The highest BCUT2D eigenvalue weighted by Crippen LogP contribution is 2.56. The number of hydrogen-bond acceptors (Lipinski definition) is 1. The third-order valence-electron chi connectivity index (χ3n) is 5.56. The molecule has 0 bridgehead atoms. The van der Waals surface area contributed by atoms with E-state index in [-0.39, 0.29) is 6.42 Å². The molecular formula is C26H30O2P+. The Kier molecular flexibility index (Phi) is 6.87. The molecule has 0 saturated carbocycles. The van der Waals surface area contributed by atoms with Gasteiger partial charge in [0.15, 0.2) is 0 Å². The fourth-order valence-corrected chi connectivity index (χ4v) is 8.20. The number of carboxylic acid groups (broad SMARTS) is 1. The summed E-state index contributed by atoms with van der Waals surface area (Å²) in [7, 11) is -1.87. The van der Waals surface area contributed by atoms with Crippen LogP contribution in [0.2, 0.25) is 0 Å². The van der Waals surface area contributed by atoms with Gasteiger partial charge >= 0.3 is 5.97 Å². The van der Waals surface area contributed by atoms with Gasteiger partial charge in [-0.05, 0) is 70.0 Å². The van der Waals surface area contributed by atoms with Crippen LogP contribution in [-0.2, 0) is 4.79 Å². The Labute approximate surface area is 175 Å². The molecule has 0 atom stereocenters. The molecule has 0 unspecified atom stereocenters. The van der Waals surface area contributed by atoms with Crippen molar-refractivity contribution < 1.29 is 9.90 Å². The quantitative estimate of drug-likeness (QED) is 0.415. The summed E-state index contributed by atoms with van der Waals surface area (Å²) in [6, 6.07) is 26.9. The normalized spacial score (nSPS) is 11.4. The summed E-state index contributed by atoms with van der Waals surface area (Å²) >= 11 is 0. The van der Waals surface area contributed by atoms with Gasteiger partial charge in [0, 0.05) is 6.42 Å². The van der Waals surface area contributed by atoms with E-state index in [2.05, 4.69) is 93.6 Å². The molecule has 0 amide bonds. The molecule has 0 radical (unpaired) electrons. The van der Waals surface area contributed by atoms with Gasteiger partial charge in [-0.3, -0.25) is 4.79 Å². The second-order valence-electron chi connectivity index (χ2n) is 7.89. The maximum atomic E-state index is 11.1. The van der Waals surface area contributed by atoms with Crippen LogP contribution in [0.1, 0.15) is 36.0 Å². The lowest BCUT2D eigenvalue weighted by atomic mass is 10.2. The zero-order valence-electron chi connectivity index (χ0n) is 17.6. The molecule has 29 heavy (non-hydrogen) atoms. The lowest BCUT2D eigenvalue weighted by Gasteiger charge is -2.28. The van der Waals surface area contributed by atoms with Gasteiger partial charge in [0.05, 0.1) is 6.16 Å². The van der Waals surface area contributed by atoms with E-state index in [4.69, 9.17) is 5.11 Å². The van der Waals surface area contributed by atoms with Gasteiger partial charge in [-0.25, -0.2) is 0 Å². The average molecular weight is 405 g/mol. The minimum atomic E-state index is -1.87. The Bertz CT molecular complexity index is 831. The molecule has 0 heterocycles. The molecule has 3 heteroatoms. The maximum absolute atomic E-state index is 11.1. The summed E-state index contributed by atoms with van der Waals surface area (Å²) in [5.41, 5.74) is 3.77. The molecule has 0 aliphatic carbocycles. The summed E-state index contributed by atoms with van der Waals surface area (Å²) in [5, 5.41) is 13.2. The van der Waals surface area contributed by atoms with E-state index in [9.17, 15) is 4.79 Å². The first kappa shape index (κ1) is 21.3. The number of unbranched alkanes of at least 4 members (excludes halogenated alkanes) is 1.